The Morgan fingerprint density at radius 2 is 2.03 bits per heavy atom. The fourth-order valence-electron chi connectivity index (χ4n) is 5.05. The zero-order chi connectivity index (χ0) is 24.4. The van der Waals surface area contributed by atoms with Crippen LogP contribution in [0.1, 0.15) is 47.5 Å². The minimum atomic E-state index is -1.64. The van der Waals surface area contributed by atoms with Crippen LogP contribution < -0.4 is 10.6 Å². The number of fused-ring (bicyclic) bond motifs is 1. The molecule has 5 nitrogen and oxygen atoms in total. The summed E-state index contributed by atoms with van der Waals surface area (Å²) in [5.41, 5.74) is -0.702. The van der Waals surface area contributed by atoms with Crippen molar-refractivity contribution in [1.29, 1.82) is 0 Å². The number of anilines is 1. The number of nitrogens with zero attached hydrogens (tertiary/aromatic N) is 1. The average Bonchev–Trinajstić information content (AvgIpc) is 3.31. The first-order valence-corrected chi connectivity index (χ1v) is 12.4. The van der Waals surface area contributed by atoms with Gasteiger partial charge in [-0.2, -0.15) is 0 Å². The Morgan fingerprint density at radius 3 is 2.77 bits per heavy atom. The van der Waals surface area contributed by atoms with E-state index >= 15 is 4.39 Å². The third-order valence-corrected chi connectivity index (χ3v) is 7.42. The number of nitrogens with one attached hydrogen (secondary N) is 2. The average molecular weight is 500 g/mol. The molecule has 0 saturated carbocycles. The lowest BCUT2D eigenvalue weighted by molar-refractivity contribution is 0.0891. The van der Waals surface area contributed by atoms with Crippen molar-refractivity contribution in [3.8, 4) is 0 Å². The number of halogens is 3. The Morgan fingerprint density at radius 1 is 1.20 bits per heavy atom. The third-order valence-electron chi connectivity index (χ3n) is 7.11. The number of carbonyl (C=O) groups excluding carboxylic acids is 1. The number of pyridine rings is 1. The lowest BCUT2D eigenvalue weighted by atomic mass is 9.78. The van der Waals surface area contributed by atoms with Gasteiger partial charge in [-0.15, -0.1) is 0 Å². The predicted molar refractivity (Wildman–Crippen MR) is 134 cm³/mol. The molecule has 0 unspecified atom stereocenters. The van der Waals surface area contributed by atoms with E-state index < -0.39 is 17.4 Å². The molecule has 0 radical (unpaired) electrons. The zero-order valence-corrected chi connectivity index (χ0v) is 20.1. The Bertz CT molecular complexity index is 1230. The molecule has 2 N–H and O–H groups in total. The van der Waals surface area contributed by atoms with E-state index in [2.05, 4.69) is 15.6 Å². The highest BCUT2D eigenvalue weighted by Crippen LogP contribution is 2.40. The maximum atomic E-state index is 15.9. The van der Waals surface area contributed by atoms with Crippen molar-refractivity contribution in [2.24, 2.45) is 0 Å². The highest BCUT2D eigenvalue weighted by atomic mass is 35.5. The monoisotopic (exact) mass is 499 g/mol. The van der Waals surface area contributed by atoms with Crippen LogP contribution in [-0.2, 0) is 4.74 Å². The van der Waals surface area contributed by atoms with Crippen molar-refractivity contribution >= 4 is 34.0 Å². The number of alkyl halides is 1. The second-order valence-corrected chi connectivity index (χ2v) is 9.88. The highest BCUT2D eigenvalue weighted by Gasteiger charge is 2.43. The molecule has 5 rings (SSSR count). The largest absolute Gasteiger partial charge is 0.381 e. The molecule has 2 atom stereocenters. The van der Waals surface area contributed by atoms with Crippen LogP contribution in [0.5, 0.6) is 0 Å². The van der Waals surface area contributed by atoms with Gasteiger partial charge in [-0.25, -0.2) is 13.8 Å². The number of aromatic nitrogens is 1. The van der Waals surface area contributed by atoms with E-state index in [1.807, 2.05) is 18.2 Å². The fourth-order valence-corrected chi connectivity index (χ4v) is 5.17. The maximum Gasteiger partial charge on any atom is 0.163 e. The molecule has 184 valence electrons. The molecule has 3 heterocycles. The van der Waals surface area contributed by atoms with Gasteiger partial charge in [-0.05, 0) is 61.0 Å². The first kappa shape index (κ1) is 24.1. The van der Waals surface area contributed by atoms with E-state index in [-0.39, 0.29) is 30.2 Å². The highest BCUT2D eigenvalue weighted by molar-refractivity contribution is 6.30. The van der Waals surface area contributed by atoms with Crippen molar-refractivity contribution in [2.45, 2.75) is 43.3 Å². The molecule has 35 heavy (non-hydrogen) atoms. The standard InChI is InChI=1S/C27H28ClF2N3O2/c28-23-4-3-17(12-24(23)29)22(27(30)7-8-31-16-27)14-25(34)18-1-2-19-15-32-26(13-20(19)11-18)33-21-5-9-35-10-6-21/h1-4,11-13,15,21-22,31H,5-10,14,16H2,(H,32,33)/t22-,27-/m1/s1. The molecule has 0 spiro atoms. The van der Waals surface area contributed by atoms with E-state index in [9.17, 15) is 9.18 Å². The fraction of sp³-hybridized carbons (Fsp3) is 0.407. The summed E-state index contributed by atoms with van der Waals surface area (Å²) in [5.74, 6) is -0.829. The number of benzene rings is 2. The lowest BCUT2D eigenvalue weighted by Crippen LogP contribution is -2.35. The normalized spacial score (nSPS) is 21.8. The number of rotatable bonds is 7. The van der Waals surface area contributed by atoms with Gasteiger partial charge < -0.3 is 15.4 Å². The number of Topliss-reactive ketones (excluding diaryl/α,β-unsaturated/α-hetero) is 1. The van der Waals surface area contributed by atoms with Gasteiger partial charge in [-0.1, -0.05) is 29.8 Å². The van der Waals surface area contributed by atoms with E-state index in [0.717, 1.165) is 42.6 Å². The van der Waals surface area contributed by atoms with Crippen LogP contribution in [0.25, 0.3) is 10.8 Å². The first-order valence-electron chi connectivity index (χ1n) is 12.0. The number of ketones is 1. The summed E-state index contributed by atoms with van der Waals surface area (Å²) >= 11 is 5.85. The van der Waals surface area contributed by atoms with Crippen LogP contribution in [0.15, 0.2) is 48.7 Å². The SMILES string of the molecule is O=C(C[C@H](c1ccc(Cl)c(F)c1)[C@@]1(F)CCNC1)c1ccc2cnc(NC3CCOCC3)cc2c1. The molecule has 2 aromatic carbocycles. The van der Waals surface area contributed by atoms with Gasteiger partial charge in [0.2, 0.25) is 0 Å². The van der Waals surface area contributed by atoms with Gasteiger partial charge in [0, 0.05) is 55.3 Å². The smallest absolute Gasteiger partial charge is 0.163 e. The van der Waals surface area contributed by atoms with Crippen LogP contribution in [0.2, 0.25) is 5.02 Å². The van der Waals surface area contributed by atoms with Crippen molar-refractivity contribution in [1.82, 2.24) is 10.3 Å². The summed E-state index contributed by atoms with van der Waals surface area (Å²) in [5, 5.41) is 8.26. The van der Waals surface area contributed by atoms with Crippen molar-refractivity contribution < 1.29 is 18.3 Å². The van der Waals surface area contributed by atoms with Crippen LogP contribution >= 0.6 is 11.6 Å². The first-order chi connectivity index (χ1) is 16.9. The lowest BCUT2D eigenvalue weighted by Gasteiger charge is -2.30. The molecular weight excluding hydrogens is 472 g/mol. The van der Waals surface area contributed by atoms with Crippen molar-refractivity contribution in [3.05, 3.63) is 70.6 Å². The molecule has 2 aliphatic rings. The minimum absolute atomic E-state index is 0.0235. The molecule has 0 bridgehead atoms. The van der Waals surface area contributed by atoms with Crippen molar-refractivity contribution in [2.75, 3.05) is 31.6 Å². The van der Waals surface area contributed by atoms with E-state index in [1.165, 1.54) is 12.1 Å². The second-order valence-electron chi connectivity index (χ2n) is 9.48. The molecule has 2 saturated heterocycles. The molecule has 3 aromatic rings. The van der Waals surface area contributed by atoms with Crippen LogP contribution in [0, 0.1) is 5.82 Å². The Hall–Kier alpha value is -2.61. The van der Waals surface area contributed by atoms with E-state index in [1.54, 1.807) is 18.3 Å². The Balaban J connectivity index is 1.40. The molecule has 1 aromatic heterocycles. The van der Waals surface area contributed by atoms with Crippen molar-refractivity contribution in [3.63, 3.8) is 0 Å². The van der Waals surface area contributed by atoms with Crippen LogP contribution in [-0.4, -0.2) is 48.8 Å². The van der Waals surface area contributed by atoms with Gasteiger partial charge in [0.15, 0.2) is 5.78 Å². The number of ether oxygens (including phenoxy) is 1. The van der Waals surface area contributed by atoms with Gasteiger partial charge in [-0.3, -0.25) is 4.79 Å². The molecule has 2 aliphatic heterocycles. The number of hydrogen-bond acceptors (Lipinski definition) is 5. The predicted octanol–water partition coefficient (Wildman–Crippen LogP) is 5.68. The molecule has 0 amide bonds. The Kier molecular flexibility index (Phi) is 7.00. The second kappa shape index (κ2) is 10.2. The topological polar surface area (TPSA) is 63.2 Å². The van der Waals surface area contributed by atoms with Gasteiger partial charge in [0.1, 0.15) is 17.3 Å². The minimum Gasteiger partial charge on any atom is -0.381 e. The Labute approximate surface area is 208 Å². The number of hydrogen-bond donors (Lipinski definition) is 2. The summed E-state index contributed by atoms with van der Waals surface area (Å²) < 4.78 is 35.5. The summed E-state index contributed by atoms with van der Waals surface area (Å²) in [6.45, 7) is 2.10. The summed E-state index contributed by atoms with van der Waals surface area (Å²) in [4.78, 5) is 17.9. The van der Waals surface area contributed by atoms with E-state index in [0.29, 0.717) is 23.7 Å². The molecule has 8 heteroatoms. The summed E-state index contributed by atoms with van der Waals surface area (Å²) in [6, 6.07) is 12.0. The van der Waals surface area contributed by atoms with Gasteiger partial charge in [0.25, 0.3) is 0 Å². The quantitative estimate of drug-likeness (QED) is 0.410. The maximum absolute atomic E-state index is 15.9. The van der Waals surface area contributed by atoms with Gasteiger partial charge >= 0.3 is 0 Å². The number of carbonyl (C=O) groups is 1. The van der Waals surface area contributed by atoms with Crippen LogP contribution in [0.3, 0.4) is 0 Å². The molecular formula is C27H28ClF2N3O2. The van der Waals surface area contributed by atoms with Crippen LogP contribution in [0.4, 0.5) is 14.6 Å². The summed E-state index contributed by atoms with van der Waals surface area (Å²) in [7, 11) is 0. The molecule has 0 aliphatic carbocycles. The third kappa shape index (κ3) is 5.32. The van der Waals surface area contributed by atoms with E-state index in [4.69, 9.17) is 16.3 Å². The molecule has 2 fully saturated rings. The summed E-state index contributed by atoms with van der Waals surface area (Å²) in [6.07, 6.45) is 3.82. The zero-order valence-electron chi connectivity index (χ0n) is 19.3. The van der Waals surface area contributed by atoms with Gasteiger partial charge in [0.05, 0.1) is 5.02 Å².